The van der Waals surface area contributed by atoms with Gasteiger partial charge in [-0.3, -0.25) is 0 Å². The molecule has 0 atom stereocenters. The molecule has 74 valence electrons. The van der Waals surface area contributed by atoms with Crippen molar-refractivity contribution in [2.45, 2.75) is 27.2 Å². The second kappa shape index (κ2) is 3.16. The molecule has 0 saturated carbocycles. The van der Waals surface area contributed by atoms with E-state index in [4.69, 9.17) is 0 Å². The third-order valence-corrected chi connectivity index (χ3v) is 3.28. The van der Waals surface area contributed by atoms with Crippen molar-refractivity contribution in [2.75, 3.05) is 0 Å². The Kier molecular flexibility index (Phi) is 2.10. The fraction of sp³-hybridized carbons (Fsp3) is 0.385. The second-order valence-electron chi connectivity index (χ2n) is 4.48. The summed E-state index contributed by atoms with van der Waals surface area (Å²) in [5.41, 5.74) is 4.32. The van der Waals surface area contributed by atoms with Crippen LogP contribution >= 0.6 is 0 Å². The first-order valence-corrected chi connectivity index (χ1v) is 5.13. The Morgan fingerprint density at radius 2 is 2.07 bits per heavy atom. The summed E-state index contributed by atoms with van der Waals surface area (Å²) in [5, 5.41) is 3.38. The zero-order chi connectivity index (χ0) is 10.2. The first kappa shape index (κ1) is 9.32. The fourth-order valence-corrected chi connectivity index (χ4v) is 1.94. The largest absolute Gasteiger partial charge is 0.365 e. The van der Waals surface area contributed by atoms with Crippen molar-refractivity contribution in [3.8, 4) is 0 Å². The monoisotopic (exact) mass is 187 g/mol. The Morgan fingerprint density at radius 1 is 1.29 bits per heavy atom. The third-order valence-electron chi connectivity index (χ3n) is 3.28. The van der Waals surface area contributed by atoms with E-state index in [0.717, 1.165) is 6.42 Å². The maximum Gasteiger partial charge on any atom is 0.0226 e. The molecule has 0 fully saturated rings. The quantitative estimate of drug-likeness (QED) is 0.613. The van der Waals surface area contributed by atoms with Crippen molar-refractivity contribution in [3.63, 3.8) is 0 Å². The predicted molar refractivity (Wildman–Crippen MR) is 60.6 cm³/mol. The van der Waals surface area contributed by atoms with Gasteiger partial charge in [-0.25, -0.2) is 0 Å². The van der Waals surface area contributed by atoms with Crippen molar-refractivity contribution in [3.05, 3.63) is 47.3 Å². The van der Waals surface area contributed by atoms with E-state index in [1.807, 2.05) is 0 Å². The highest BCUT2D eigenvalue weighted by Gasteiger charge is 2.29. The topological polar surface area (TPSA) is 12.0 Å². The number of hydrogen-bond acceptors (Lipinski definition) is 1. The SMILES string of the molecule is CC1=CNC2=C(C=CC=CC2)C1(C)C. The maximum absolute atomic E-state index is 3.38. The van der Waals surface area contributed by atoms with Crippen LogP contribution in [0.2, 0.25) is 0 Å². The second-order valence-corrected chi connectivity index (χ2v) is 4.48. The van der Waals surface area contributed by atoms with Crippen LogP contribution in [-0.4, -0.2) is 0 Å². The molecule has 2 aliphatic rings. The Bertz CT molecular complexity index is 365. The van der Waals surface area contributed by atoms with E-state index in [9.17, 15) is 0 Å². The summed E-state index contributed by atoms with van der Waals surface area (Å²) in [6.07, 6.45) is 11.8. The van der Waals surface area contributed by atoms with E-state index >= 15 is 0 Å². The Morgan fingerprint density at radius 3 is 2.86 bits per heavy atom. The van der Waals surface area contributed by atoms with Crippen LogP contribution in [0.25, 0.3) is 0 Å². The van der Waals surface area contributed by atoms with Crippen LogP contribution in [0.5, 0.6) is 0 Å². The lowest BCUT2D eigenvalue weighted by Gasteiger charge is -2.33. The lowest BCUT2D eigenvalue weighted by atomic mass is 9.75. The van der Waals surface area contributed by atoms with Crippen molar-refractivity contribution in [2.24, 2.45) is 5.41 Å². The molecule has 14 heavy (non-hydrogen) atoms. The molecule has 2 rings (SSSR count). The lowest BCUT2D eigenvalue weighted by Crippen LogP contribution is -2.26. The van der Waals surface area contributed by atoms with E-state index in [1.165, 1.54) is 16.8 Å². The smallest absolute Gasteiger partial charge is 0.0226 e. The highest BCUT2D eigenvalue weighted by atomic mass is 14.9. The molecular formula is C13H17N. The lowest BCUT2D eigenvalue weighted by molar-refractivity contribution is 0.522. The predicted octanol–water partition coefficient (Wildman–Crippen LogP) is 3.29. The average molecular weight is 187 g/mol. The zero-order valence-corrected chi connectivity index (χ0v) is 9.09. The molecule has 0 amide bonds. The molecule has 0 saturated heterocycles. The number of dihydropyridines is 1. The standard InChI is InChI=1S/C13H17N/c1-10-9-14-12-8-6-4-5-7-11(12)13(10,2)3/h4-7,9,14H,8H2,1-3H3. The molecule has 1 heterocycles. The molecule has 0 spiro atoms. The number of rotatable bonds is 0. The van der Waals surface area contributed by atoms with Gasteiger partial charge in [0.25, 0.3) is 0 Å². The van der Waals surface area contributed by atoms with E-state index in [1.54, 1.807) is 0 Å². The van der Waals surface area contributed by atoms with Gasteiger partial charge in [-0.15, -0.1) is 0 Å². The summed E-state index contributed by atoms with van der Waals surface area (Å²) in [6, 6.07) is 0. The summed E-state index contributed by atoms with van der Waals surface area (Å²) in [4.78, 5) is 0. The molecule has 1 aliphatic heterocycles. The number of hydrogen-bond donors (Lipinski definition) is 1. The summed E-state index contributed by atoms with van der Waals surface area (Å²) >= 11 is 0. The molecule has 1 heteroatoms. The first-order valence-electron chi connectivity index (χ1n) is 5.13. The summed E-state index contributed by atoms with van der Waals surface area (Å²) in [6.45, 7) is 6.75. The minimum atomic E-state index is 0.170. The van der Waals surface area contributed by atoms with E-state index in [2.05, 4.69) is 56.6 Å². The fourth-order valence-electron chi connectivity index (χ4n) is 1.94. The molecule has 1 nitrogen and oxygen atoms in total. The van der Waals surface area contributed by atoms with Gasteiger partial charge >= 0.3 is 0 Å². The normalized spacial score (nSPS) is 23.8. The van der Waals surface area contributed by atoms with Crippen LogP contribution in [0, 0.1) is 5.41 Å². The summed E-state index contributed by atoms with van der Waals surface area (Å²) in [5.74, 6) is 0. The molecule has 0 aromatic carbocycles. The van der Waals surface area contributed by atoms with E-state index in [-0.39, 0.29) is 5.41 Å². The van der Waals surface area contributed by atoms with Crippen molar-refractivity contribution >= 4 is 0 Å². The molecule has 0 bridgehead atoms. The van der Waals surface area contributed by atoms with Gasteiger partial charge in [0, 0.05) is 23.7 Å². The van der Waals surface area contributed by atoms with Crippen LogP contribution in [0.15, 0.2) is 47.3 Å². The Hall–Kier alpha value is -1.24. The van der Waals surface area contributed by atoms with Crippen LogP contribution in [0.4, 0.5) is 0 Å². The molecule has 1 aliphatic carbocycles. The van der Waals surface area contributed by atoms with Gasteiger partial charge in [-0.05, 0) is 18.1 Å². The highest BCUT2D eigenvalue weighted by Crippen LogP contribution is 2.40. The Labute approximate surface area is 85.9 Å². The minimum Gasteiger partial charge on any atom is -0.365 e. The molecule has 1 N–H and O–H groups in total. The van der Waals surface area contributed by atoms with Gasteiger partial charge in [-0.2, -0.15) is 0 Å². The van der Waals surface area contributed by atoms with Gasteiger partial charge in [0.05, 0.1) is 0 Å². The first-order chi connectivity index (χ1) is 6.62. The van der Waals surface area contributed by atoms with Gasteiger partial charge < -0.3 is 5.32 Å². The van der Waals surface area contributed by atoms with E-state index < -0.39 is 0 Å². The number of allylic oxidation sites excluding steroid dienone is 6. The van der Waals surface area contributed by atoms with Gasteiger partial charge in [0.15, 0.2) is 0 Å². The van der Waals surface area contributed by atoms with E-state index in [0.29, 0.717) is 0 Å². The van der Waals surface area contributed by atoms with Crippen LogP contribution in [0.3, 0.4) is 0 Å². The van der Waals surface area contributed by atoms with Crippen LogP contribution in [-0.2, 0) is 0 Å². The average Bonchev–Trinajstić information content (AvgIpc) is 2.37. The summed E-state index contributed by atoms with van der Waals surface area (Å²) < 4.78 is 0. The van der Waals surface area contributed by atoms with Crippen molar-refractivity contribution < 1.29 is 0 Å². The maximum atomic E-state index is 3.38. The van der Waals surface area contributed by atoms with Crippen molar-refractivity contribution in [1.82, 2.24) is 5.32 Å². The minimum absolute atomic E-state index is 0.170. The molecule has 0 unspecified atom stereocenters. The third kappa shape index (κ3) is 1.33. The van der Waals surface area contributed by atoms with Gasteiger partial charge in [-0.1, -0.05) is 38.2 Å². The number of nitrogens with one attached hydrogen (secondary N) is 1. The van der Waals surface area contributed by atoms with Crippen molar-refractivity contribution in [1.29, 1.82) is 0 Å². The molecule has 0 aromatic rings. The Balaban J connectivity index is 2.46. The van der Waals surface area contributed by atoms with Crippen LogP contribution in [0.1, 0.15) is 27.2 Å². The summed E-state index contributed by atoms with van der Waals surface area (Å²) in [7, 11) is 0. The highest BCUT2D eigenvalue weighted by molar-refractivity contribution is 5.44. The molecular weight excluding hydrogens is 170 g/mol. The molecule has 0 aromatic heterocycles. The van der Waals surface area contributed by atoms with Crippen LogP contribution < -0.4 is 5.32 Å². The zero-order valence-electron chi connectivity index (χ0n) is 9.09. The van der Waals surface area contributed by atoms with Gasteiger partial charge in [0.1, 0.15) is 0 Å². The molecule has 0 radical (unpaired) electrons. The van der Waals surface area contributed by atoms with Gasteiger partial charge in [0.2, 0.25) is 0 Å².